The van der Waals surface area contributed by atoms with Crippen molar-refractivity contribution in [3.05, 3.63) is 53.3 Å². The van der Waals surface area contributed by atoms with Gasteiger partial charge in [-0.05, 0) is 36.8 Å². The smallest absolute Gasteiger partial charge is 0.271 e. The molecule has 0 aliphatic heterocycles. The Morgan fingerprint density at radius 3 is 2.00 bits per heavy atom. The van der Waals surface area contributed by atoms with E-state index in [1.165, 1.54) is 45.6 Å². The van der Waals surface area contributed by atoms with Crippen LogP contribution in [0.5, 0.6) is 17.2 Å². The molecule has 2 aromatic carbocycles. The SMILES string of the molecule is COc1cc(C(=O)N/N=C(/C)c2ccc(F)cc2)cc(OC)c1OC. The molecule has 0 spiro atoms. The molecular weight excluding hydrogens is 327 g/mol. The molecule has 6 nitrogen and oxygen atoms in total. The highest BCUT2D eigenvalue weighted by molar-refractivity contribution is 6.01. The number of carbonyl (C=O) groups excluding carboxylic acids is 1. The Morgan fingerprint density at radius 2 is 1.52 bits per heavy atom. The molecule has 7 heteroatoms. The van der Waals surface area contributed by atoms with Crippen LogP contribution in [0.3, 0.4) is 0 Å². The van der Waals surface area contributed by atoms with Crippen molar-refractivity contribution >= 4 is 11.6 Å². The second-order valence-electron chi connectivity index (χ2n) is 5.06. The van der Waals surface area contributed by atoms with Gasteiger partial charge in [0.2, 0.25) is 5.75 Å². The number of hydrazone groups is 1. The van der Waals surface area contributed by atoms with Gasteiger partial charge in [0.1, 0.15) is 5.82 Å². The molecule has 1 amide bonds. The molecule has 0 radical (unpaired) electrons. The number of hydrogen-bond donors (Lipinski definition) is 1. The van der Waals surface area contributed by atoms with Gasteiger partial charge in [-0.2, -0.15) is 5.10 Å². The largest absolute Gasteiger partial charge is 0.493 e. The fourth-order valence-electron chi connectivity index (χ4n) is 2.17. The minimum Gasteiger partial charge on any atom is -0.493 e. The Balaban J connectivity index is 2.23. The van der Waals surface area contributed by atoms with Crippen LogP contribution in [-0.4, -0.2) is 32.9 Å². The molecule has 2 aromatic rings. The molecule has 132 valence electrons. The first kappa shape index (κ1) is 18.3. The number of carbonyl (C=O) groups is 1. The number of methoxy groups -OCH3 is 3. The average Bonchev–Trinajstić information content (AvgIpc) is 2.64. The van der Waals surface area contributed by atoms with E-state index in [0.717, 1.165) is 0 Å². The van der Waals surface area contributed by atoms with Crippen molar-refractivity contribution in [3.63, 3.8) is 0 Å². The first-order valence-electron chi connectivity index (χ1n) is 7.40. The molecule has 0 saturated heterocycles. The van der Waals surface area contributed by atoms with Crippen molar-refractivity contribution < 1.29 is 23.4 Å². The molecule has 0 heterocycles. The normalized spacial score (nSPS) is 11.0. The van der Waals surface area contributed by atoms with E-state index < -0.39 is 5.91 Å². The summed E-state index contributed by atoms with van der Waals surface area (Å²) in [6.45, 7) is 1.71. The lowest BCUT2D eigenvalue weighted by Gasteiger charge is -2.13. The number of nitrogens with one attached hydrogen (secondary N) is 1. The molecule has 0 aromatic heterocycles. The first-order valence-corrected chi connectivity index (χ1v) is 7.40. The van der Waals surface area contributed by atoms with Gasteiger partial charge >= 0.3 is 0 Å². The quantitative estimate of drug-likeness (QED) is 0.645. The van der Waals surface area contributed by atoms with Gasteiger partial charge < -0.3 is 14.2 Å². The highest BCUT2D eigenvalue weighted by Gasteiger charge is 2.16. The van der Waals surface area contributed by atoms with Crippen LogP contribution in [0.25, 0.3) is 0 Å². The maximum atomic E-state index is 12.9. The third kappa shape index (κ3) is 4.26. The number of hydrogen-bond acceptors (Lipinski definition) is 5. The van der Waals surface area contributed by atoms with Gasteiger partial charge in [0.15, 0.2) is 11.5 Å². The minimum absolute atomic E-state index is 0.296. The fraction of sp³-hybridized carbons (Fsp3) is 0.222. The summed E-state index contributed by atoms with van der Waals surface area (Å²) in [5.74, 6) is 0.351. The van der Waals surface area contributed by atoms with Crippen molar-refractivity contribution in [2.75, 3.05) is 21.3 Å². The Morgan fingerprint density at radius 1 is 0.960 bits per heavy atom. The van der Waals surface area contributed by atoms with Gasteiger partial charge in [-0.1, -0.05) is 12.1 Å². The third-order valence-electron chi connectivity index (χ3n) is 3.51. The molecule has 0 atom stereocenters. The van der Waals surface area contributed by atoms with E-state index >= 15 is 0 Å². The number of ether oxygens (including phenoxy) is 3. The lowest BCUT2D eigenvalue weighted by Crippen LogP contribution is -2.19. The predicted molar refractivity (Wildman–Crippen MR) is 92.2 cm³/mol. The summed E-state index contributed by atoms with van der Waals surface area (Å²) in [5.41, 5.74) is 3.99. The van der Waals surface area contributed by atoms with Crippen LogP contribution in [0.2, 0.25) is 0 Å². The summed E-state index contributed by atoms with van der Waals surface area (Å²) >= 11 is 0. The van der Waals surface area contributed by atoms with E-state index in [2.05, 4.69) is 10.5 Å². The summed E-state index contributed by atoms with van der Waals surface area (Å²) in [7, 11) is 4.42. The monoisotopic (exact) mass is 346 g/mol. The van der Waals surface area contributed by atoms with E-state index in [0.29, 0.717) is 34.1 Å². The van der Waals surface area contributed by atoms with Gasteiger partial charge in [-0.15, -0.1) is 0 Å². The van der Waals surface area contributed by atoms with Crippen LogP contribution in [0.15, 0.2) is 41.5 Å². The van der Waals surface area contributed by atoms with Crippen molar-refractivity contribution in [2.45, 2.75) is 6.92 Å². The van der Waals surface area contributed by atoms with Crippen LogP contribution in [0.4, 0.5) is 4.39 Å². The summed E-state index contributed by atoms with van der Waals surface area (Å²) in [6.07, 6.45) is 0. The zero-order chi connectivity index (χ0) is 18.4. The number of benzene rings is 2. The second kappa shape index (κ2) is 8.14. The summed E-state index contributed by atoms with van der Waals surface area (Å²) in [6, 6.07) is 8.88. The molecular formula is C18H19FN2O4. The molecule has 0 saturated carbocycles. The molecule has 1 N–H and O–H groups in total. The van der Waals surface area contributed by atoms with Crippen LogP contribution >= 0.6 is 0 Å². The van der Waals surface area contributed by atoms with E-state index in [1.54, 1.807) is 19.1 Å². The van der Waals surface area contributed by atoms with E-state index in [4.69, 9.17) is 14.2 Å². The second-order valence-corrected chi connectivity index (χ2v) is 5.06. The molecule has 2 rings (SSSR count). The molecule has 0 aliphatic rings. The highest BCUT2D eigenvalue weighted by Crippen LogP contribution is 2.38. The van der Waals surface area contributed by atoms with Crippen molar-refractivity contribution in [2.24, 2.45) is 5.10 Å². The summed E-state index contributed by atoms with van der Waals surface area (Å²) in [4.78, 5) is 12.3. The number of nitrogens with zero attached hydrogens (tertiary/aromatic N) is 1. The minimum atomic E-state index is -0.444. The maximum absolute atomic E-state index is 12.9. The van der Waals surface area contributed by atoms with E-state index in [-0.39, 0.29) is 5.82 Å². The molecule has 0 unspecified atom stereocenters. The maximum Gasteiger partial charge on any atom is 0.271 e. The zero-order valence-corrected chi connectivity index (χ0v) is 14.4. The van der Waals surface area contributed by atoms with Crippen molar-refractivity contribution in [1.82, 2.24) is 5.43 Å². The van der Waals surface area contributed by atoms with Crippen LogP contribution < -0.4 is 19.6 Å². The van der Waals surface area contributed by atoms with Gasteiger partial charge in [-0.3, -0.25) is 4.79 Å². The van der Waals surface area contributed by atoms with Gasteiger partial charge in [-0.25, -0.2) is 9.82 Å². The number of halogens is 1. The van der Waals surface area contributed by atoms with Gasteiger partial charge in [0.05, 0.1) is 27.0 Å². The Bertz CT molecular complexity index is 763. The Labute approximate surface area is 145 Å². The summed E-state index contributed by atoms with van der Waals surface area (Å²) in [5, 5.41) is 4.04. The Kier molecular flexibility index (Phi) is 5.94. The number of amides is 1. The zero-order valence-electron chi connectivity index (χ0n) is 14.4. The number of rotatable bonds is 6. The molecule has 0 bridgehead atoms. The lowest BCUT2D eigenvalue weighted by atomic mass is 10.1. The fourth-order valence-corrected chi connectivity index (χ4v) is 2.17. The molecule has 25 heavy (non-hydrogen) atoms. The average molecular weight is 346 g/mol. The van der Waals surface area contributed by atoms with Crippen molar-refractivity contribution in [3.8, 4) is 17.2 Å². The molecule has 0 fully saturated rings. The Hall–Kier alpha value is -3.09. The lowest BCUT2D eigenvalue weighted by molar-refractivity contribution is 0.0954. The van der Waals surface area contributed by atoms with Gasteiger partial charge in [0.25, 0.3) is 5.91 Å². The topological polar surface area (TPSA) is 69.2 Å². The standard InChI is InChI=1S/C18H19FN2O4/c1-11(12-5-7-14(19)8-6-12)20-21-18(22)13-9-15(23-2)17(25-4)16(10-13)24-3/h5-10H,1-4H3,(H,21,22)/b20-11-. The van der Waals surface area contributed by atoms with Crippen LogP contribution in [-0.2, 0) is 0 Å². The predicted octanol–water partition coefficient (Wildman–Crippen LogP) is 3.01. The van der Waals surface area contributed by atoms with E-state index in [1.807, 2.05) is 0 Å². The molecule has 0 aliphatic carbocycles. The van der Waals surface area contributed by atoms with E-state index in [9.17, 15) is 9.18 Å². The van der Waals surface area contributed by atoms with Crippen molar-refractivity contribution in [1.29, 1.82) is 0 Å². The van der Waals surface area contributed by atoms with Crippen LogP contribution in [0.1, 0.15) is 22.8 Å². The summed E-state index contributed by atoms with van der Waals surface area (Å²) < 4.78 is 28.6. The highest BCUT2D eigenvalue weighted by atomic mass is 19.1. The third-order valence-corrected chi connectivity index (χ3v) is 3.51. The first-order chi connectivity index (χ1) is 12.0. The van der Waals surface area contributed by atoms with Crippen LogP contribution in [0, 0.1) is 5.82 Å². The van der Waals surface area contributed by atoms with Gasteiger partial charge in [0, 0.05) is 5.56 Å².